The summed E-state index contributed by atoms with van der Waals surface area (Å²) in [6.07, 6.45) is 4.92. The van der Waals surface area contributed by atoms with Crippen LogP contribution in [0.25, 0.3) is 0 Å². The SMILES string of the molecule is CC1(COc2cccc3c2CNCC3)CCCCN1. The summed E-state index contributed by atoms with van der Waals surface area (Å²) in [5.74, 6) is 1.07. The van der Waals surface area contributed by atoms with Gasteiger partial charge in [0.05, 0.1) is 0 Å². The van der Waals surface area contributed by atoms with Gasteiger partial charge in [-0.05, 0) is 50.9 Å². The third-order valence-corrected chi connectivity index (χ3v) is 4.36. The van der Waals surface area contributed by atoms with Gasteiger partial charge >= 0.3 is 0 Å². The van der Waals surface area contributed by atoms with Crippen molar-refractivity contribution in [1.29, 1.82) is 0 Å². The van der Waals surface area contributed by atoms with Gasteiger partial charge < -0.3 is 15.4 Å². The number of benzene rings is 1. The lowest BCUT2D eigenvalue weighted by Crippen LogP contribution is -2.50. The third kappa shape index (κ3) is 2.93. The summed E-state index contributed by atoms with van der Waals surface area (Å²) >= 11 is 0. The van der Waals surface area contributed by atoms with Crippen LogP contribution in [0.1, 0.15) is 37.3 Å². The Balaban J connectivity index is 1.69. The summed E-state index contributed by atoms with van der Waals surface area (Å²) in [5, 5.41) is 7.04. The van der Waals surface area contributed by atoms with Crippen molar-refractivity contribution in [3.63, 3.8) is 0 Å². The van der Waals surface area contributed by atoms with Crippen molar-refractivity contribution in [3.8, 4) is 5.75 Å². The average Bonchev–Trinajstić information content (AvgIpc) is 2.46. The minimum Gasteiger partial charge on any atom is -0.491 e. The molecule has 0 aromatic heterocycles. The molecule has 1 saturated heterocycles. The van der Waals surface area contributed by atoms with Crippen LogP contribution in [-0.4, -0.2) is 25.2 Å². The number of nitrogens with one attached hydrogen (secondary N) is 2. The molecule has 1 aromatic rings. The number of ether oxygens (including phenoxy) is 1. The highest BCUT2D eigenvalue weighted by molar-refractivity contribution is 5.41. The van der Waals surface area contributed by atoms with Gasteiger partial charge in [0.1, 0.15) is 12.4 Å². The lowest BCUT2D eigenvalue weighted by Gasteiger charge is -2.35. The van der Waals surface area contributed by atoms with Crippen molar-refractivity contribution < 1.29 is 4.74 Å². The quantitative estimate of drug-likeness (QED) is 0.874. The van der Waals surface area contributed by atoms with Crippen LogP contribution in [0.15, 0.2) is 18.2 Å². The molecule has 1 unspecified atom stereocenters. The smallest absolute Gasteiger partial charge is 0.124 e. The summed E-state index contributed by atoms with van der Waals surface area (Å²) in [4.78, 5) is 0. The second-order valence-corrected chi connectivity index (χ2v) is 6.05. The number of hydrogen-bond donors (Lipinski definition) is 2. The summed E-state index contributed by atoms with van der Waals surface area (Å²) in [5.41, 5.74) is 2.94. The number of hydrogen-bond acceptors (Lipinski definition) is 3. The highest BCUT2D eigenvalue weighted by Gasteiger charge is 2.27. The Hall–Kier alpha value is -1.06. The summed E-state index contributed by atoms with van der Waals surface area (Å²) in [7, 11) is 0. The molecule has 1 aromatic carbocycles. The van der Waals surface area contributed by atoms with Gasteiger partial charge in [-0.1, -0.05) is 18.6 Å². The van der Waals surface area contributed by atoms with Crippen LogP contribution < -0.4 is 15.4 Å². The third-order valence-electron chi connectivity index (χ3n) is 4.36. The zero-order valence-corrected chi connectivity index (χ0v) is 11.8. The first-order chi connectivity index (χ1) is 9.27. The van der Waals surface area contributed by atoms with Gasteiger partial charge in [-0.25, -0.2) is 0 Å². The van der Waals surface area contributed by atoms with Crippen LogP contribution in [-0.2, 0) is 13.0 Å². The molecule has 0 aliphatic carbocycles. The van der Waals surface area contributed by atoms with E-state index in [1.807, 2.05) is 0 Å². The molecule has 2 aliphatic rings. The molecule has 2 aliphatic heterocycles. The number of fused-ring (bicyclic) bond motifs is 1. The van der Waals surface area contributed by atoms with E-state index in [9.17, 15) is 0 Å². The van der Waals surface area contributed by atoms with Crippen LogP contribution in [0.3, 0.4) is 0 Å². The molecule has 2 heterocycles. The molecule has 0 spiro atoms. The molecule has 2 N–H and O–H groups in total. The zero-order chi connectivity index (χ0) is 13.1. The molecule has 1 fully saturated rings. The summed E-state index contributed by atoms with van der Waals surface area (Å²) in [6.45, 7) is 6.18. The van der Waals surface area contributed by atoms with E-state index in [0.29, 0.717) is 0 Å². The maximum absolute atomic E-state index is 6.14. The lowest BCUT2D eigenvalue weighted by molar-refractivity contribution is 0.162. The van der Waals surface area contributed by atoms with Crippen molar-refractivity contribution in [2.75, 3.05) is 19.7 Å². The second kappa shape index (κ2) is 5.51. The predicted octanol–water partition coefficient (Wildman–Crippen LogP) is 2.24. The highest BCUT2D eigenvalue weighted by Crippen LogP contribution is 2.27. The second-order valence-electron chi connectivity index (χ2n) is 6.05. The van der Waals surface area contributed by atoms with Gasteiger partial charge in [0.15, 0.2) is 0 Å². The Morgan fingerprint density at radius 1 is 1.26 bits per heavy atom. The summed E-state index contributed by atoms with van der Waals surface area (Å²) < 4.78 is 6.14. The number of rotatable bonds is 3. The van der Waals surface area contributed by atoms with E-state index in [1.54, 1.807) is 0 Å². The fourth-order valence-corrected chi connectivity index (χ4v) is 3.10. The minimum absolute atomic E-state index is 0.142. The molecular weight excluding hydrogens is 236 g/mol. The molecule has 104 valence electrons. The molecule has 0 saturated carbocycles. The van der Waals surface area contributed by atoms with E-state index < -0.39 is 0 Å². The molecular formula is C16H24N2O. The maximum Gasteiger partial charge on any atom is 0.124 e. The van der Waals surface area contributed by atoms with Crippen molar-refractivity contribution in [2.45, 2.75) is 44.7 Å². The van der Waals surface area contributed by atoms with Gasteiger partial charge in [-0.2, -0.15) is 0 Å². The van der Waals surface area contributed by atoms with Gasteiger partial charge in [0.25, 0.3) is 0 Å². The summed E-state index contributed by atoms with van der Waals surface area (Å²) in [6, 6.07) is 6.46. The van der Waals surface area contributed by atoms with Crippen molar-refractivity contribution in [1.82, 2.24) is 10.6 Å². The standard InChI is InChI=1S/C16H24N2O/c1-16(8-2-3-9-18-16)12-19-15-6-4-5-13-7-10-17-11-14(13)15/h4-6,17-18H,2-3,7-12H2,1H3. The van der Waals surface area contributed by atoms with E-state index in [1.165, 1.54) is 30.4 Å². The van der Waals surface area contributed by atoms with Crippen molar-refractivity contribution in [3.05, 3.63) is 29.3 Å². The van der Waals surface area contributed by atoms with Crippen LogP contribution in [0.5, 0.6) is 5.75 Å². The first-order valence-electron chi connectivity index (χ1n) is 7.46. The van der Waals surface area contributed by atoms with Crippen LogP contribution in [0.2, 0.25) is 0 Å². The van der Waals surface area contributed by atoms with Crippen LogP contribution in [0, 0.1) is 0 Å². The Labute approximate surface area is 115 Å². The fraction of sp³-hybridized carbons (Fsp3) is 0.625. The monoisotopic (exact) mass is 260 g/mol. The lowest BCUT2D eigenvalue weighted by atomic mass is 9.92. The average molecular weight is 260 g/mol. The van der Waals surface area contributed by atoms with E-state index >= 15 is 0 Å². The molecule has 0 radical (unpaired) electrons. The Bertz CT molecular complexity index is 438. The van der Waals surface area contributed by atoms with Gasteiger partial charge in [0, 0.05) is 17.6 Å². The zero-order valence-electron chi connectivity index (χ0n) is 11.8. The van der Waals surface area contributed by atoms with Crippen LogP contribution in [0.4, 0.5) is 0 Å². The largest absolute Gasteiger partial charge is 0.491 e. The normalized spacial score (nSPS) is 26.8. The van der Waals surface area contributed by atoms with E-state index in [0.717, 1.165) is 38.4 Å². The Morgan fingerprint density at radius 3 is 3.05 bits per heavy atom. The first kappa shape index (κ1) is 12.9. The van der Waals surface area contributed by atoms with Crippen molar-refractivity contribution >= 4 is 0 Å². The fourth-order valence-electron chi connectivity index (χ4n) is 3.10. The number of piperidine rings is 1. The van der Waals surface area contributed by atoms with E-state index in [-0.39, 0.29) is 5.54 Å². The van der Waals surface area contributed by atoms with Gasteiger partial charge in [-0.15, -0.1) is 0 Å². The molecule has 0 amide bonds. The maximum atomic E-state index is 6.14. The highest BCUT2D eigenvalue weighted by atomic mass is 16.5. The van der Waals surface area contributed by atoms with Crippen molar-refractivity contribution in [2.24, 2.45) is 0 Å². The molecule has 3 heteroatoms. The first-order valence-corrected chi connectivity index (χ1v) is 7.46. The molecule has 19 heavy (non-hydrogen) atoms. The molecule has 1 atom stereocenters. The molecule has 0 bridgehead atoms. The topological polar surface area (TPSA) is 33.3 Å². The molecule has 3 rings (SSSR count). The van der Waals surface area contributed by atoms with Gasteiger partial charge in [0.2, 0.25) is 0 Å². The Kier molecular flexibility index (Phi) is 3.76. The predicted molar refractivity (Wildman–Crippen MR) is 77.6 cm³/mol. The van der Waals surface area contributed by atoms with E-state index in [4.69, 9.17) is 4.74 Å². The Morgan fingerprint density at radius 2 is 2.21 bits per heavy atom. The van der Waals surface area contributed by atoms with E-state index in [2.05, 4.69) is 35.8 Å². The van der Waals surface area contributed by atoms with Gasteiger partial charge in [-0.3, -0.25) is 0 Å². The minimum atomic E-state index is 0.142. The van der Waals surface area contributed by atoms with Crippen LogP contribution >= 0.6 is 0 Å². The molecule has 3 nitrogen and oxygen atoms in total.